The molecule has 0 saturated carbocycles. The van der Waals surface area contributed by atoms with Crippen molar-refractivity contribution in [1.29, 1.82) is 0 Å². The van der Waals surface area contributed by atoms with Gasteiger partial charge in [0.1, 0.15) is 11.0 Å². The van der Waals surface area contributed by atoms with Gasteiger partial charge in [0, 0.05) is 19.2 Å². The van der Waals surface area contributed by atoms with E-state index in [1.165, 1.54) is 22.2 Å². The highest BCUT2D eigenvalue weighted by atomic mass is 32.2. The molecule has 1 heterocycles. The summed E-state index contributed by atoms with van der Waals surface area (Å²) in [4.78, 5) is 31.1. The summed E-state index contributed by atoms with van der Waals surface area (Å²) in [6.07, 6.45) is 0.0903. The molecule has 1 aliphatic heterocycles. The van der Waals surface area contributed by atoms with Gasteiger partial charge in [0.15, 0.2) is 5.17 Å². The number of ether oxygens (including phenoxy) is 1. The number of amides is 2. The van der Waals surface area contributed by atoms with Gasteiger partial charge in [-0.05, 0) is 68.3 Å². The molecule has 0 aliphatic carbocycles. The molecule has 1 aliphatic rings. The lowest BCUT2D eigenvalue weighted by molar-refractivity contribution is -0.127. The largest absolute Gasteiger partial charge is 0.494 e. The lowest BCUT2D eigenvalue weighted by Gasteiger charge is -2.10. The van der Waals surface area contributed by atoms with Crippen molar-refractivity contribution in [3.8, 4) is 5.75 Å². The molecule has 3 rings (SSSR count). The molecule has 1 fully saturated rings. The Balaban J connectivity index is 1.63. The molecule has 1 saturated heterocycles. The first-order valence-electron chi connectivity index (χ1n) is 9.50. The number of amidine groups is 1. The van der Waals surface area contributed by atoms with Crippen LogP contribution >= 0.6 is 11.8 Å². The molecule has 0 bridgehead atoms. The predicted molar refractivity (Wildman–Crippen MR) is 118 cm³/mol. The number of carbonyl (C=O) groups excluding carboxylic acids is 2. The highest BCUT2D eigenvalue weighted by Gasteiger charge is 2.37. The summed E-state index contributed by atoms with van der Waals surface area (Å²) >= 11 is 1.33. The van der Waals surface area contributed by atoms with Crippen molar-refractivity contribution in [3.63, 3.8) is 0 Å². The molecule has 7 heteroatoms. The second-order valence-electron chi connectivity index (χ2n) is 6.88. The first-order chi connectivity index (χ1) is 13.9. The topological polar surface area (TPSA) is 71.0 Å². The molecule has 1 N–H and O–H groups in total. The van der Waals surface area contributed by atoms with Crippen LogP contribution in [0, 0.1) is 13.8 Å². The molecule has 0 radical (unpaired) electrons. The second-order valence-corrected chi connectivity index (χ2v) is 8.05. The number of nitrogens with one attached hydrogen (secondary N) is 1. The van der Waals surface area contributed by atoms with E-state index >= 15 is 0 Å². The van der Waals surface area contributed by atoms with E-state index in [-0.39, 0.29) is 18.2 Å². The Kier molecular flexibility index (Phi) is 6.59. The van der Waals surface area contributed by atoms with Gasteiger partial charge in [-0.15, -0.1) is 0 Å². The van der Waals surface area contributed by atoms with E-state index in [1.54, 1.807) is 31.3 Å². The Morgan fingerprint density at radius 3 is 2.55 bits per heavy atom. The van der Waals surface area contributed by atoms with Crippen molar-refractivity contribution in [2.75, 3.05) is 19.0 Å². The van der Waals surface area contributed by atoms with Gasteiger partial charge in [-0.2, -0.15) is 0 Å². The molecule has 1 unspecified atom stereocenters. The van der Waals surface area contributed by atoms with E-state index in [9.17, 15) is 9.59 Å². The second kappa shape index (κ2) is 9.13. The monoisotopic (exact) mass is 411 g/mol. The van der Waals surface area contributed by atoms with E-state index in [0.717, 1.165) is 17.0 Å². The lowest BCUT2D eigenvalue weighted by atomic mass is 10.1. The van der Waals surface area contributed by atoms with Crippen LogP contribution in [0.2, 0.25) is 0 Å². The first kappa shape index (κ1) is 20.9. The maximum atomic E-state index is 12.6. The molecule has 2 aromatic rings. The third-order valence-corrected chi connectivity index (χ3v) is 5.90. The van der Waals surface area contributed by atoms with Crippen LogP contribution in [0.5, 0.6) is 5.75 Å². The SMILES string of the molecule is CCOc1ccc(NC(=O)CC2SC(=Nc3ccc(C)c(C)c3)N(C)C2=O)cc1. The van der Waals surface area contributed by atoms with Gasteiger partial charge in [-0.25, -0.2) is 4.99 Å². The zero-order valence-electron chi connectivity index (χ0n) is 17.1. The van der Waals surface area contributed by atoms with Gasteiger partial charge < -0.3 is 10.1 Å². The number of benzene rings is 2. The number of thioether (sulfide) groups is 1. The average molecular weight is 412 g/mol. The Hall–Kier alpha value is -2.80. The lowest BCUT2D eigenvalue weighted by Crippen LogP contribution is -2.30. The Morgan fingerprint density at radius 2 is 1.90 bits per heavy atom. The highest BCUT2D eigenvalue weighted by molar-refractivity contribution is 8.15. The maximum Gasteiger partial charge on any atom is 0.242 e. The number of aryl methyl sites for hydroxylation is 2. The zero-order chi connectivity index (χ0) is 21.0. The number of hydrogen-bond donors (Lipinski definition) is 1. The summed E-state index contributed by atoms with van der Waals surface area (Å²) in [5.74, 6) is 0.432. The minimum absolute atomic E-state index is 0.0903. The third-order valence-electron chi connectivity index (χ3n) is 4.68. The number of rotatable bonds is 6. The van der Waals surface area contributed by atoms with E-state index < -0.39 is 5.25 Å². The van der Waals surface area contributed by atoms with E-state index in [0.29, 0.717) is 17.5 Å². The summed E-state index contributed by atoms with van der Waals surface area (Å²) in [6.45, 7) is 6.59. The van der Waals surface area contributed by atoms with Crippen LogP contribution in [0.4, 0.5) is 11.4 Å². The smallest absolute Gasteiger partial charge is 0.242 e. The van der Waals surface area contributed by atoms with Crippen LogP contribution < -0.4 is 10.1 Å². The molecule has 6 nitrogen and oxygen atoms in total. The molecule has 1 atom stereocenters. The van der Waals surface area contributed by atoms with Crippen LogP contribution in [-0.2, 0) is 9.59 Å². The highest BCUT2D eigenvalue weighted by Crippen LogP contribution is 2.31. The summed E-state index contributed by atoms with van der Waals surface area (Å²) in [6, 6.07) is 13.1. The normalized spacial score (nSPS) is 17.7. The van der Waals surface area contributed by atoms with Crippen LogP contribution in [0.3, 0.4) is 0 Å². The quantitative estimate of drug-likeness (QED) is 0.770. The van der Waals surface area contributed by atoms with Gasteiger partial charge in [0.2, 0.25) is 11.8 Å². The van der Waals surface area contributed by atoms with Crippen molar-refractivity contribution in [2.45, 2.75) is 32.4 Å². The summed E-state index contributed by atoms with van der Waals surface area (Å²) in [7, 11) is 1.69. The molecule has 0 aromatic heterocycles. The van der Waals surface area contributed by atoms with E-state index in [1.807, 2.05) is 39.0 Å². The van der Waals surface area contributed by atoms with Crippen molar-refractivity contribution in [3.05, 3.63) is 53.6 Å². The molecular weight excluding hydrogens is 386 g/mol. The molecule has 0 spiro atoms. The van der Waals surface area contributed by atoms with Gasteiger partial charge >= 0.3 is 0 Å². The molecule has 2 aromatic carbocycles. The zero-order valence-corrected chi connectivity index (χ0v) is 17.9. The van der Waals surface area contributed by atoms with Crippen LogP contribution in [0.1, 0.15) is 24.5 Å². The van der Waals surface area contributed by atoms with Gasteiger partial charge in [0.05, 0.1) is 12.3 Å². The number of anilines is 1. The minimum Gasteiger partial charge on any atom is -0.494 e. The van der Waals surface area contributed by atoms with Gasteiger partial charge in [0.25, 0.3) is 0 Å². The maximum absolute atomic E-state index is 12.6. The third kappa shape index (κ3) is 5.17. The molecule has 152 valence electrons. The van der Waals surface area contributed by atoms with Crippen LogP contribution in [0.15, 0.2) is 47.5 Å². The van der Waals surface area contributed by atoms with Gasteiger partial charge in [-0.3, -0.25) is 14.5 Å². The Morgan fingerprint density at radius 1 is 1.17 bits per heavy atom. The molecule has 2 amide bonds. The van der Waals surface area contributed by atoms with E-state index in [2.05, 4.69) is 10.3 Å². The van der Waals surface area contributed by atoms with Crippen molar-refractivity contribution in [1.82, 2.24) is 4.90 Å². The van der Waals surface area contributed by atoms with Crippen LogP contribution in [-0.4, -0.2) is 40.8 Å². The predicted octanol–water partition coefficient (Wildman–Crippen LogP) is 4.29. The fourth-order valence-electron chi connectivity index (χ4n) is 2.88. The van der Waals surface area contributed by atoms with Crippen molar-refractivity contribution in [2.24, 2.45) is 4.99 Å². The fraction of sp³-hybridized carbons (Fsp3) is 0.318. The molecule has 29 heavy (non-hydrogen) atoms. The number of nitrogens with zero attached hydrogens (tertiary/aromatic N) is 2. The number of hydrogen-bond acceptors (Lipinski definition) is 5. The Labute approximate surface area is 175 Å². The molecular formula is C22H25N3O3S. The minimum atomic E-state index is -0.479. The average Bonchev–Trinajstić information content (AvgIpc) is 2.94. The first-order valence-corrected chi connectivity index (χ1v) is 10.4. The number of carbonyl (C=O) groups is 2. The Bertz CT molecular complexity index is 941. The van der Waals surface area contributed by atoms with Crippen molar-refractivity contribution >= 4 is 40.1 Å². The van der Waals surface area contributed by atoms with E-state index in [4.69, 9.17) is 4.74 Å². The van der Waals surface area contributed by atoms with Crippen molar-refractivity contribution < 1.29 is 14.3 Å². The van der Waals surface area contributed by atoms with Gasteiger partial charge in [-0.1, -0.05) is 17.8 Å². The fourth-order valence-corrected chi connectivity index (χ4v) is 4.04. The van der Waals surface area contributed by atoms with Crippen LogP contribution in [0.25, 0.3) is 0 Å². The summed E-state index contributed by atoms with van der Waals surface area (Å²) in [5.41, 5.74) is 3.82. The summed E-state index contributed by atoms with van der Waals surface area (Å²) in [5, 5.41) is 2.96. The number of aliphatic imine (C=N–C) groups is 1. The summed E-state index contributed by atoms with van der Waals surface area (Å²) < 4.78 is 5.39. The standard InChI is InChI=1S/C22H25N3O3S/c1-5-28-18-10-8-16(9-11-18)23-20(26)13-19-21(27)25(4)22(29-19)24-17-7-6-14(2)15(3)12-17/h6-12,19H,5,13H2,1-4H3,(H,23,26).